The van der Waals surface area contributed by atoms with Crippen LogP contribution in [-0.2, 0) is 16.0 Å². The van der Waals surface area contributed by atoms with E-state index in [4.69, 9.17) is 0 Å². The van der Waals surface area contributed by atoms with Crippen molar-refractivity contribution < 1.29 is 14.3 Å². The summed E-state index contributed by atoms with van der Waals surface area (Å²) in [5.41, 5.74) is 1.79. The molecule has 0 atom stereocenters. The van der Waals surface area contributed by atoms with Crippen molar-refractivity contribution in [2.45, 2.75) is 12.8 Å². The van der Waals surface area contributed by atoms with E-state index >= 15 is 0 Å². The second kappa shape index (κ2) is 5.52. The van der Waals surface area contributed by atoms with Gasteiger partial charge in [0, 0.05) is 23.1 Å². The van der Waals surface area contributed by atoms with Crippen LogP contribution < -0.4 is 0 Å². The minimum atomic E-state index is -0.288. The Labute approximate surface area is 114 Å². The van der Waals surface area contributed by atoms with E-state index in [1.54, 1.807) is 4.90 Å². The first kappa shape index (κ1) is 13.1. The highest BCUT2D eigenvalue weighted by molar-refractivity contribution is 9.10. The molecule has 4 nitrogen and oxygen atoms in total. The van der Waals surface area contributed by atoms with Crippen LogP contribution in [0, 0.1) is 0 Å². The number of benzene rings is 1. The maximum atomic E-state index is 12.2. The van der Waals surface area contributed by atoms with Gasteiger partial charge in [0.1, 0.15) is 0 Å². The molecule has 5 heteroatoms. The summed E-state index contributed by atoms with van der Waals surface area (Å²) in [6.45, 7) is 1.07. The third kappa shape index (κ3) is 2.72. The number of esters is 1. The molecular formula is C13H14BrNO3. The van der Waals surface area contributed by atoms with E-state index < -0.39 is 0 Å². The van der Waals surface area contributed by atoms with Gasteiger partial charge in [-0.05, 0) is 30.2 Å². The topological polar surface area (TPSA) is 46.6 Å². The summed E-state index contributed by atoms with van der Waals surface area (Å²) in [6.07, 6.45) is 1.07. The number of ether oxygens (including phenoxy) is 1. The van der Waals surface area contributed by atoms with Crippen molar-refractivity contribution in [1.82, 2.24) is 4.90 Å². The summed E-state index contributed by atoms with van der Waals surface area (Å²) >= 11 is 3.40. The van der Waals surface area contributed by atoms with Gasteiger partial charge in [-0.15, -0.1) is 0 Å². The molecule has 1 aliphatic rings. The van der Waals surface area contributed by atoms with Crippen molar-refractivity contribution in [3.63, 3.8) is 0 Å². The number of nitrogens with zero attached hydrogens (tertiary/aromatic N) is 1. The van der Waals surface area contributed by atoms with Gasteiger partial charge in [-0.25, -0.2) is 0 Å². The third-order valence-corrected chi connectivity index (χ3v) is 3.54. The van der Waals surface area contributed by atoms with E-state index in [0.29, 0.717) is 13.1 Å². The van der Waals surface area contributed by atoms with Crippen LogP contribution in [0.25, 0.3) is 0 Å². The number of fused-ring (bicyclic) bond motifs is 1. The van der Waals surface area contributed by atoms with Crippen LogP contribution in [0.2, 0.25) is 0 Å². The summed E-state index contributed by atoms with van der Waals surface area (Å²) in [5.74, 6) is -0.294. The highest BCUT2D eigenvalue weighted by Crippen LogP contribution is 2.22. The van der Waals surface area contributed by atoms with Gasteiger partial charge in [-0.3, -0.25) is 9.59 Å². The first-order valence-electron chi connectivity index (χ1n) is 5.76. The van der Waals surface area contributed by atoms with Crippen molar-refractivity contribution in [3.8, 4) is 0 Å². The minimum Gasteiger partial charge on any atom is -0.469 e. The van der Waals surface area contributed by atoms with Gasteiger partial charge in [-0.2, -0.15) is 0 Å². The Morgan fingerprint density at radius 2 is 2.28 bits per heavy atom. The van der Waals surface area contributed by atoms with Crippen LogP contribution in [0.3, 0.4) is 0 Å². The molecule has 0 unspecified atom stereocenters. The fourth-order valence-corrected chi connectivity index (χ4v) is 2.46. The summed E-state index contributed by atoms with van der Waals surface area (Å²) < 4.78 is 5.56. The summed E-state index contributed by atoms with van der Waals surface area (Å²) in [4.78, 5) is 25.0. The number of halogens is 1. The summed E-state index contributed by atoms with van der Waals surface area (Å²) in [7, 11) is 1.35. The fourth-order valence-electron chi connectivity index (χ4n) is 2.05. The van der Waals surface area contributed by atoms with Crippen LogP contribution in [-0.4, -0.2) is 37.0 Å². The Kier molecular flexibility index (Phi) is 4.01. The van der Waals surface area contributed by atoms with Gasteiger partial charge in [0.05, 0.1) is 13.5 Å². The highest BCUT2D eigenvalue weighted by atomic mass is 79.9. The lowest BCUT2D eigenvalue weighted by Crippen LogP contribution is -2.38. The Hall–Kier alpha value is -1.36. The van der Waals surface area contributed by atoms with Gasteiger partial charge in [0.2, 0.25) is 0 Å². The van der Waals surface area contributed by atoms with Gasteiger partial charge in [-0.1, -0.05) is 15.9 Å². The Balaban J connectivity index is 2.08. The largest absolute Gasteiger partial charge is 0.469 e. The Morgan fingerprint density at radius 3 is 3.00 bits per heavy atom. The fraction of sp³-hybridized carbons (Fsp3) is 0.385. The third-order valence-electron chi connectivity index (χ3n) is 3.05. The number of methoxy groups -OCH3 is 1. The number of hydrogen-bond acceptors (Lipinski definition) is 3. The standard InChI is InChI=1S/C13H14BrNO3/c1-18-12(16)5-7-15-6-4-9-8-10(14)2-3-11(9)13(15)17/h2-3,8H,4-7H2,1H3. The quantitative estimate of drug-likeness (QED) is 0.802. The molecule has 0 N–H and O–H groups in total. The van der Waals surface area contributed by atoms with Crippen LogP contribution >= 0.6 is 15.9 Å². The van der Waals surface area contributed by atoms with E-state index in [0.717, 1.165) is 22.0 Å². The van der Waals surface area contributed by atoms with Gasteiger partial charge < -0.3 is 9.64 Å². The Morgan fingerprint density at radius 1 is 1.50 bits per heavy atom. The minimum absolute atomic E-state index is 0.00680. The van der Waals surface area contributed by atoms with E-state index in [1.165, 1.54) is 7.11 Å². The molecule has 18 heavy (non-hydrogen) atoms. The van der Waals surface area contributed by atoms with Crippen LogP contribution in [0.5, 0.6) is 0 Å². The summed E-state index contributed by atoms with van der Waals surface area (Å²) in [5, 5.41) is 0. The van der Waals surface area contributed by atoms with Crippen LogP contribution in [0.1, 0.15) is 22.3 Å². The smallest absolute Gasteiger partial charge is 0.307 e. The molecule has 2 rings (SSSR count). The van der Waals surface area contributed by atoms with Gasteiger partial charge in [0.15, 0.2) is 0 Å². The molecule has 0 radical (unpaired) electrons. The number of carbonyl (C=O) groups excluding carboxylic acids is 2. The molecule has 0 saturated carbocycles. The molecule has 0 saturated heterocycles. The normalized spacial score (nSPS) is 14.3. The van der Waals surface area contributed by atoms with Crippen molar-refractivity contribution >= 4 is 27.8 Å². The molecule has 0 bridgehead atoms. The molecule has 0 fully saturated rings. The number of hydrogen-bond donors (Lipinski definition) is 0. The van der Waals surface area contributed by atoms with Crippen LogP contribution in [0.15, 0.2) is 22.7 Å². The molecule has 0 spiro atoms. The number of rotatable bonds is 3. The zero-order valence-electron chi connectivity index (χ0n) is 10.1. The molecule has 0 aliphatic carbocycles. The predicted molar refractivity (Wildman–Crippen MR) is 70.4 cm³/mol. The first-order chi connectivity index (χ1) is 8.61. The van der Waals surface area contributed by atoms with E-state index in [9.17, 15) is 9.59 Å². The predicted octanol–water partition coefficient (Wildman–Crippen LogP) is 2.01. The lowest BCUT2D eigenvalue weighted by Gasteiger charge is -2.28. The van der Waals surface area contributed by atoms with E-state index in [1.807, 2.05) is 18.2 Å². The highest BCUT2D eigenvalue weighted by Gasteiger charge is 2.24. The molecular weight excluding hydrogens is 298 g/mol. The molecule has 96 valence electrons. The lowest BCUT2D eigenvalue weighted by molar-refractivity contribution is -0.140. The summed E-state index contributed by atoms with van der Waals surface area (Å²) in [6, 6.07) is 5.66. The van der Waals surface area contributed by atoms with Crippen molar-refractivity contribution in [2.24, 2.45) is 0 Å². The lowest BCUT2D eigenvalue weighted by atomic mass is 9.99. The molecule has 1 heterocycles. The number of carbonyl (C=O) groups is 2. The second-order valence-electron chi connectivity index (χ2n) is 4.17. The molecule has 1 aromatic rings. The van der Waals surface area contributed by atoms with Gasteiger partial charge in [0.25, 0.3) is 5.91 Å². The zero-order chi connectivity index (χ0) is 13.1. The van der Waals surface area contributed by atoms with E-state index in [-0.39, 0.29) is 18.3 Å². The Bertz CT molecular complexity index is 487. The maximum absolute atomic E-state index is 12.2. The SMILES string of the molecule is COC(=O)CCN1CCc2cc(Br)ccc2C1=O. The monoisotopic (exact) mass is 311 g/mol. The van der Waals surface area contributed by atoms with Crippen LogP contribution in [0.4, 0.5) is 0 Å². The second-order valence-corrected chi connectivity index (χ2v) is 5.09. The maximum Gasteiger partial charge on any atom is 0.307 e. The van der Waals surface area contributed by atoms with Crippen molar-refractivity contribution in [2.75, 3.05) is 20.2 Å². The average molecular weight is 312 g/mol. The average Bonchev–Trinajstić information content (AvgIpc) is 2.37. The van der Waals surface area contributed by atoms with Crippen molar-refractivity contribution in [1.29, 1.82) is 0 Å². The molecule has 1 aliphatic heterocycles. The van der Waals surface area contributed by atoms with E-state index in [2.05, 4.69) is 20.7 Å². The van der Waals surface area contributed by atoms with Gasteiger partial charge >= 0.3 is 5.97 Å². The first-order valence-corrected chi connectivity index (χ1v) is 6.55. The molecule has 1 aromatic carbocycles. The molecule has 0 aromatic heterocycles. The van der Waals surface area contributed by atoms with Crippen molar-refractivity contribution in [3.05, 3.63) is 33.8 Å². The zero-order valence-corrected chi connectivity index (χ0v) is 11.7. The number of amides is 1. The molecule has 1 amide bonds.